The smallest absolute Gasteiger partial charge is 0.0708 e. The molecule has 0 N–H and O–H groups in total. The van der Waals surface area contributed by atoms with Crippen LogP contribution in [-0.2, 0) is 12.8 Å². The zero-order chi connectivity index (χ0) is 15.1. The molecular formula is C21H21N. The lowest BCUT2D eigenvalue weighted by atomic mass is 9.96. The molecule has 1 aromatic heterocycles. The summed E-state index contributed by atoms with van der Waals surface area (Å²) in [6.07, 6.45) is 2.19. The molecule has 0 unspecified atom stereocenters. The standard InChI is InChI=1S/C21H21N/c1-14(2)16-8-9-17-10-19-11-18(15-6-4-3-5-7-15)13-21(19)22-20(17)12-16/h3-10,12,14,18H,11,13H2,1-2H3/t18-/m1/s1. The number of hydrogen-bond acceptors (Lipinski definition) is 1. The Bertz CT molecular complexity index is 818. The SMILES string of the molecule is CC(C)c1ccc2cc3c(nc2c1)C[C@H](c1ccccc1)C3. The van der Waals surface area contributed by atoms with Gasteiger partial charge in [-0.3, -0.25) is 4.98 Å². The van der Waals surface area contributed by atoms with E-state index in [0.29, 0.717) is 11.8 Å². The highest BCUT2D eigenvalue weighted by molar-refractivity contribution is 5.80. The van der Waals surface area contributed by atoms with Crippen LogP contribution < -0.4 is 0 Å². The molecule has 22 heavy (non-hydrogen) atoms. The van der Waals surface area contributed by atoms with Gasteiger partial charge in [0.2, 0.25) is 0 Å². The quantitative estimate of drug-likeness (QED) is 0.628. The van der Waals surface area contributed by atoms with E-state index in [-0.39, 0.29) is 0 Å². The Hall–Kier alpha value is -2.15. The van der Waals surface area contributed by atoms with Gasteiger partial charge in [0.25, 0.3) is 0 Å². The largest absolute Gasteiger partial charge is 0.253 e. The average molecular weight is 287 g/mol. The summed E-state index contributed by atoms with van der Waals surface area (Å²) in [6.45, 7) is 4.47. The third-order valence-corrected chi connectivity index (χ3v) is 4.85. The number of benzene rings is 2. The van der Waals surface area contributed by atoms with Crippen LogP contribution in [0.25, 0.3) is 10.9 Å². The van der Waals surface area contributed by atoms with Crippen LogP contribution in [0.4, 0.5) is 0 Å². The summed E-state index contributed by atoms with van der Waals surface area (Å²) in [5.74, 6) is 1.14. The van der Waals surface area contributed by atoms with Crippen molar-refractivity contribution in [2.75, 3.05) is 0 Å². The van der Waals surface area contributed by atoms with Crippen molar-refractivity contribution in [1.82, 2.24) is 4.98 Å². The molecule has 1 heteroatoms. The van der Waals surface area contributed by atoms with E-state index in [9.17, 15) is 0 Å². The van der Waals surface area contributed by atoms with Crippen LogP contribution in [0.1, 0.15) is 48.1 Å². The Labute approximate surface area is 132 Å². The maximum atomic E-state index is 4.97. The van der Waals surface area contributed by atoms with E-state index in [1.165, 1.54) is 27.8 Å². The molecule has 2 aromatic carbocycles. The lowest BCUT2D eigenvalue weighted by Crippen LogP contribution is -1.97. The Morgan fingerprint density at radius 3 is 2.55 bits per heavy atom. The zero-order valence-electron chi connectivity index (χ0n) is 13.2. The number of pyridine rings is 1. The third-order valence-electron chi connectivity index (χ3n) is 4.85. The van der Waals surface area contributed by atoms with Crippen LogP contribution >= 0.6 is 0 Å². The molecule has 1 aliphatic rings. The molecule has 0 saturated carbocycles. The minimum Gasteiger partial charge on any atom is -0.253 e. The second kappa shape index (κ2) is 5.24. The van der Waals surface area contributed by atoms with E-state index in [0.717, 1.165) is 18.4 Å². The van der Waals surface area contributed by atoms with Gasteiger partial charge >= 0.3 is 0 Å². The number of fused-ring (bicyclic) bond motifs is 2. The van der Waals surface area contributed by atoms with Crippen LogP contribution in [0.2, 0.25) is 0 Å². The highest BCUT2D eigenvalue weighted by atomic mass is 14.7. The predicted octanol–water partition coefficient (Wildman–Crippen LogP) is 5.24. The molecule has 4 rings (SSSR count). The second-order valence-corrected chi connectivity index (χ2v) is 6.72. The second-order valence-electron chi connectivity index (χ2n) is 6.72. The summed E-state index contributed by atoms with van der Waals surface area (Å²) >= 11 is 0. The van der Waals surface area contributed by atoms with E-state index in [1.54, 1.807) is 0 Å². The molecule has 1 aliphatic carbocycles. The van der Waals surface area contributed by atoms with Crippen LogP contribution in [-0.4, -0.2) is 4.98 Å². The number of aromatic nitrogens is 1. The first-order chi connectivity index (χ1) is 10.7. The van der Waals surface area contributed by atoms with Gasteiger partial charge in [-0.15, -0.1) is 0 Å². The fourth-order valence-electron chi connectivity index (χ4n) is 3.51. The van der Waals surface area contributed by atoms with Crippen molar-refractivity contribution >= 4 is 10.9 Å². The summed E-state index contributed by atoms with van der Waals surface area (Å²) in [5, 5.41) is 1.27. The van der Waals surface area contributed by atoms with Gasteiger partial charge in [0.1, 0.15) is 0 Å². The van der Waals surface area contributed by atoms with Crippen molar-refractivity contribution in [3.05, 3.63) is 77.0 Å². The predicted molar refractivity (Wildman–Crippen MR) is 92.4 cm³/mol. The molecule has 1 heterocycles. The van der Waals surface area contributed by atoms with Crippen LogP contribution in [0, 0.1) is 0 Å². The van der Waals surface area contributed by atoms with Gasteiger partial charge in [0, 0.05) is 11.1 Å². The molecule has 0 spiro atoms. The Kier molecular flexibility index (Phi) is 3.22. The van der Waals surface area contributed by atoms with Crippen molar-refractivity contribution in [1.29, 1.82) is 0 Å². The molecule has 0 saturated heterocycles. The maximum Gasteiger partial charge on any atom is 0.0708 e. The fourth-order valence-corrected chi connectivity index (χ4v) is 3.51. The van der Waals surface area contributed by atoms with Gasteiger partial charge in [-0.2, -0.15) is 0 Å². The van der Waals surface area contributed by atoms with Crippen LogP contribution in [0.15, 0.2) is 54.6 Å². The van der Waals surface area contributed by atoms with Gasteiger partial charge in [0.15, 0.2) is 0 Å². The maximum absolute atomic E-state index is 4.97. The Morgan fingerprint density at radius 1 is 0.955 bits per heavy atom. The first kappa shape index (κ1) is 13.5. The summed E-state index contributed by atoms with van der Waals surface area (Å²) in [5.41, 5.74) is 6.68. The first-order valence-corrected chi connectivity index (χ1v) is 8.18. The first-order valence-electron chi connectivity index (χ1n) is 8.18. The van der Waals surface area contributed by atoms with Crippen LogP contribution in [0.5, 0.6) is 0 Å². The van der Waals surface area contributed by atoms with Gasteiger partial charge in [-0.25, -0.2) is 0 Å². The number of hydrogen-bond donors (Lipinski definition) is 0. The molecule has 110 valence electrons. The molecule has 0 bridgehead atoms. The number of rotatable bonds is 2. The molecule has 1 nitrogen and oxygen atoms in total. The monoisotopic (exact) mass is 287 g/mol. The van der Waals surface area contributed by atoms with Crippen molar-refractivity contribution in [2.24, 2.45) is 0 Å². The summed E-state index contributed by atoms with van der Waals surface area (Å²) in [6, 6.07) is 19.9. The van der Waals surface area contributed by atoms with Crippen molar-refractivity contribution in [3.8, 4) is 0 Å². The molecule has 1 atom stereocenters. The molecule has 0 radical (unpaired) electrons. The zero-order valence-corrected chi connectivity index (χ0v) is 13.2. The lowest BCUT2D eigenvalue weighted by molar-refractivity contribution is 0.736. The Balaban J connectivity index is 1.73. The summed E-state index contributed by atoms with van der Waals surface area (Å²) in [4.78, 5) is 4.97. The van der Waals surface area contributed by atoms with Gasteiger partial charge in [0.05, 0.1) is 5.52 Å². The van der Waals surface area contributed by atoms with Crippen molar-refractivity contribution in [3.63, 3.8) is 0 Å². The van der Waals surface area contributed by atoms with Gasteiger partial charge < -0.3 is 0 Å². The topological polar surface area (TPSA) is 12.9 Å². The normalized spacial score (nSPS) is 17.1. The third kappa shape index (κ3) is 2.31. The van der Waals surface area contributed by atoms with E-state index in [1.807, 2.05) is 0 Å². The number of nitrogens with zero attached hydrogens (tertiary/aromatic N) is 1. The van der Waals surface area contributed by atoms with E-state index in [4.69, 9.17) is 4.98 Å². The Morgan fingerprint density at radius 2 is 1.77 bits per heavy atom. The van der Waals surface area contributed by atoms with Crippen LogP contribution in [0.3, 0.4) is 0 Å². The van der Waals surface area contributed by atoms with Crippen molar-refractivity contribution in [2.45, 2.75) is 38.5 Å². The minimum absolute atomic E-state index is 0.552. The van der Waals surface area contributed by atoms with E-state index >= 15 is 0 Å². The minimum atomic E-state index is 0.552. The summed E-state index contributed by atoms with van der Waals surface area (Å²) < 4.78 is 0. The molecule has 3 aromatic rings. The molecule has 0 amide bonds. The van der Waals surface area contributed by atoms with Crippen molar-refractivity contribution < 1.29 is 0 Å². The van der Waals surface area contributed by atoms with Gasteiger partial charge in [-0.1, -0.05) is 56.3 Å². The highest BCUT2D eigenvalue weighted by Crippen LogP contribution is 2.35. The highest BCUT2D eigenvalue weighted by Gasteiger charge is 2.24. The molecular weight excluding hydrogens is 266 g/mol. The van der Waals surface area contributed by atoms with Gasteiger partial charge in [-0.05, 0) is 53.5 Å². The summed E-state index contributed by atoms with van der Waals surface area (Å²) in [7, 11) is 0. The molecule has 0 aliphatic heterocycles. The molecule has 0 fully saturated rings. The average Bonchev–Trinajstić information content (AvgIpc) is 2.95. The van der Waals surface area contributed by atoms with E-state index < -0.39 is 0 Å². The fraction of sp³-hybridized carbons (Fsp3) is 0.286. The van der Waals surface area contributed by atoms with E-state index in [2.05, 4.69) is 68.4 Å². The lowest BCUT2D eigenvalue weighted by Gasteiger charge is -2.08.